The second-order valence-corrected chi connectivity index (χ2v) is 10.1. The number of aromatic hydroxyl groups is 1. The molecule has 3 N–H and O–H groups in total. The minimum Gasteiger partial charge on any atom is -0.502 e. The number of amides is 1. The Kier molecular flexibility index (Phi) is 7.15. The number of nitrogens with one attached hydrogen (secondary N) is 2. The lowest BCUT2D eigenvalue weighted by atomic mass is 9.72. The molecule has 0 atom stereocenters. The number of H-pyrrole nitrogens is 1. The van der Waals surface area contributed by atoms with Crippen LogP contribution < -0.4 is 10.7 Å². The van der Waals surface area contributed by atoms with Crippen molar-refractivity contribution in [1.29, 1.82) is 0 Å². The number of fused-ring (bicyclic) bond motifs is 1. The number of aromatic nitrogens is 1. The summed E-state index contributed by atoms with van der Waals surface area (Å²) in [5, 5.41) is 14.9. The van der Waals surface area contributed by atoms with Crippen molar-refractivity contribution in [3.63, 3.8) is 0 Å². The van der Waals surface area contributed by atoms with Crippen molar-refractivity contribution in [1.82, 2.24) is 15.2 Å². The lowest BCUT2D eigenvalue weighted by Gasteiger charge is -2.41. The fourth-order valence-electron chi connectivity index (χ4n) is 5.47. The van der Waals surface area contributed by atoms with E-state index in [0.717, 1.165) is 36.1 Å². The third kappa shape index (κ3) is 5.47. The average molecular weight is 500 g/mol. The highest BCUT2D eigenvalue weighted by molar-refractivity contribution is 5.83. The van der Waals surface area contributed by atoms with E-state index in [0.29, 0.717) is 31.6 Å². The van der Waals surface area contributed by atoms with Crippen molar-refractivity contribution in [3.05, 3.63) is 99.7 Å². The van der Waals surface area contributed by atoms with Crippen LogP contribution in [-0.2, 0) is 23.2 Å². The quantitative estimate of drug-likeness (QED) is 0.333. The predicted molar refractivity (Wildman–Crippen MR) is 144 cm³/mol. The number of benzene rings is 2. The van der Waals surface area contributed by atoms with Crippen LogP contribution in [0.4, 0.5) is 0 Å². The summed E-state index contributed by atoms with van der Waals surface area (Å²) in [5.41, 5.74) is 2.25. The van der Waals surface area contributed by atoms with E-state index in [2.05, 4.69) is 33.4 Å². The van der Waals surface area contributed by atoms with Gasteiger partial charge in [-0.15, -0.1) is 0 Å². The number of carbonyl (C=O) groups excluding carboxylic acids is 1. The van der Waals surface area contributed by atoms with Gasteiger partial charge >= 0.3 is 0 Å². The molecule has 1 aliphatic heterocycles. The lowest BCUT2D eigenvalue weighted by Crippen LogP contribution is -2.45. The van der Waals surface area contributed by atoms with Gasteiger partial charge in [0.2, 0.25) is 17.1 Å². The number of aromatic amines is 1. The number of rotatable bonds is 8. The second-order valence-electron chi connectivity index (χ2n) is 10.1. The zero-order chi connectivity index (χ0) is 25.8. The molecule has 1 fully saturated rings. The first-order valence-electron chi connectivity index (χ1n) is 12.9. The highest BCUT2D eigenvalue weighted by Gasteiger charge is 2.43. The SMILES string of the molecule is Cc1cc(=O)c(O)c(C2(CC(=O)NCCc3c[nH]c4ccccc34)CCN(Cc3ccccc3)CC2)o1. The molecular formula is C30H33N3O4. The highest BCUT2D eigenvalue weighted by Crippen LogP contribution is 2.42. The van der Waals surface area contributed by atoms with Crippen molar-refractivity contribution in [2.24, 2.45) is 0 Å². The summed E-state index contributed by atoms with van der Waals surface area (Å²) in [6, 6.07) is 19.7. The summed E-state index contributed by atoms with van der Waals surface area (Å²) in [4.78, 5) is 31.2. The van der Waals surface area contributed by atoms with Crippen molar-refractivity contribution in [3.8, 4) is 5.75 Å². The highest BCUT2D eigenvalue weighted by atomic mass is 16.4. The summed E-state index contributed by atoms with van der Waals surface area (Å²) >= 11 is 0. The van der Waals surface area contributed by atoms with Crippen molar-refractivity contribution in [2.75, 3.05) is 19.6 Å². The minimum atomic E-state index is -0.743. The summed E-state index contributed by atoms with van der Waals surface area (Å²) in [7, 11) is 0. The molecule has 7 nitrogen and oxygen atoms in total. The average Bonchev–Trinajstić information content (AvgIpc) is 3.31. The van der Waals surface area contributed by atoms with Gasteiger partial charge in [0.05, 0.1) is 0 Å². The van der Waals surface area contributed by atoms with Gasteiger partial charge in [0.15, 0.2) is 5.76 Å². The van der Waals surface area contributed by atoms with Crippen LogP contribution in [0.2, 0.25) is 0 Å². The predicted octanol–water partition coefficient (Wildman–Crippen LogP) is 4.42. The molecular weight excluding hydrogens is 466 g/mol. The Morgan fingerprint density at radius 1 is 1.11 bits per heavy atom. The molecule has 0 saturated carbocycles. The van der Waals surface area contributed by atoms with Crippen molar-refractivity contribution in [2.45, 2.75) is 44.6 Å². The normalized spacial score (nSPS) is 15.6. The first kappa shape index (κ1) is 24.8. The van der Waals surface area contributed by atoms with Crippen LogP contribution in [0.1, 0.15) is 41.9 Å². The maximum absolute atomic E-state index is 13.2. The van der Waals surface area contributed by atoms with E-state index >= 15 is 0 Å². The molecule has 1 saturated heterocycles. The van der Waals surface area contributed by atoms with E-state index in [1.807, 2.05) is 42.6 Å². The number of likely N-dealkylation sites (tertiary alicyclic amines) is 1. The zero-order valence-corrected chi connectivity index (χ0v) is 21.1. The molecule has 0 unspecified atom stereocenters. The molecule has 3 heterocycles. The van der Waals surface area contributed by atoms with Gasteiger partial charge in [-0.3, -0.25) is 14.5 Å². The van der Waals surface area contributed by atoms with E-state index in [1.54, 1.807) is 6.92 Å². The number of aryl methyl sites for hydroxylation is 1. The number of piperidine rings is 1. The maximum Gasteiger partial charge on any atom is 0.227 e. The van der Waals surface area contributed by atoms with E-state index < -0.39 is 10.8 Å². The summed E-state index contributed by atoms with van der Waals surface area (Å²) in [6.07, 6.45) is 4.06. The molecule has 1 amide bonds. The Morgan fingerprint density at radius 3 is 2.62 bits per heavy atom. The zero-order valence-electron chi connectivity index (χ0n) is 21.1. The summed E-state index contributed by atoms with van der Waals surface area (Å²) in [5.74, 6) is 0.181. The molecule has 0 aliphatic carbocycles. The van der Waals surface area contributed by atoms with E-state index in [9.17, 15) is 14.7 Å². The number of carbonyl (C=O) groups is 1. The standard InChI is InChI=1S/C30H33N3O4/c1-21-17-26(34)28(36)29(37-21)30(12-15-33(16-13-30)20-22-7-3-2-4-8-22)18-27(35)31-14-11-23-19-32-25-10-6-5-9-24(23)25/h2-10,17,19,32,36H,11-16,18,20H2,1H3,(H,31,35). The van der Waals surface area contributed by atoms with Gasteiger partial charge in [0.1, 0.15) is 5.76 Å². The van der Waals surface area contributed by atoms with E-state index in [4.69, 9.17) is 4.42 Å². The number of nitrogens with zero attached hydrogens (tertiary/aromatic N) is 1. The third-order valence-corrected chi connectivity index (χ3v) is 7.48. The second kappa shape index (κ2) is 10.6. The number of hydrogen-bond acceptors (Lipinski definition) is 5. The topological polar surface area (TPSA) is 98.6 Å². The number of para-hydroxylation sites is 1. The fraction of sp³-hybridized carbons (Fsp3) is 0.333. The Labute approximate surface area is 216 Å². The van der Waals surface area contributed by atoms with Crippen LogP contribution in [0.25, 0.3) is 10.9 Å². The van der Waals surface area contributed by atoms with Gasteiger partial charge in [-0.2, -0.15) is 0 Å². The van der Waals surface area contributed by atoms with Crippen LogP contribution in [-0.4, -0.2) is 40.5 Å². The maximum atomic E-state index is 13.2. The molecule has 2 aromatic carbocycles. The fourth-order valence-corrected chi connectivity index (χ4v) is 5.47. The Balaban J connectivity index is 1.30. The monoisotopic (exact) mass is 499 g/mol. The smallest absolute Gasteiger partial charge is 0.227 e. The molecule has 0 radical (unpaired) electrons. The largest absolute Gasteiger partial charge is 0.502 e. The first-order chi connectivity index (χ1) is 17.9. The van der Waals surface area contributed by atoms with Crippen molar-refractivity contribution < 1.29 is 14.3 Å². The summed E-state index contributed by atoms with van der Waals surface area (Å²) < 4.78 is 5.95. The number of hydrogen-bond donors (Lipinski definition) is 3. The minimum absolute atomic E-state index is 0.111. The molecule has 37 heavy (non-hydrogen) atoms. The first-order valence-corrected chi connectivity index (χ1v) is 12.9. The molecule has 0 spiro atoms. The van der Waals surface area contributed by atoms with Gasteiger partial charge in [-0.1, -0.05) is 48.5 Å². The lowest BCUT2D eigenvalue weighted by molar-refractivity contribution is -0.123. The van der Waals surface area contributed by atoms with Crippen LogP contribution >= 0.6 is 0 Å². The van der Waals surface area contributed by atoms with Gasteiger partial charge in [0, 0.05) is 48.1 Å². The Hall–Kier alpha value is -3.84. The molecule has 2 aromatic heterocycles. The molecule has 192 valence electrons. The van der Waals surface area contributed by atoms with Crippen LogP contribution in [0.3, 0.4) is 0 Å². The molecule has 1 aliphatic rings. The molecule has 4 aromatic rings. The van der Waals surface area contributed by atoms with Gasteiger partial charge in [-0.25, -0.2) is 0 Å². The Morgan fingerprint density at radius 2 is 1.84 bits per heavy atom. The van der Waals surface area contributed by atoms with Crippen molar-refractivity contribution >= 4 is 16.8 Å². The molecule has 7 heteroatoms. The Bertz CT molecular complexity index is 1430. The van der Waals surface area contributed by atoms with E-state index in [1.165, 1.54) is 11.6 Å². The third-order valence-electron chi connectivity index (χ3n) is 7.48. The van der Waals surface area contributed by atoms with Crippen LogP contribution in [0.5, 0.6) is 5.75 Å². The van der Waals surface area contributed by atoms with E-state index in [-0.39, 0.29) is 23.8 Å². The van der Waals surface area contributed by atoms with Crippen LogP contribution in [0.15, 0.2) is 76.1 Å². The molecule has 5 rings (SSSR count). The van der Waals surface area contributed by atoms with Gasteiger partial charge in [0.25, 0.3) is 0 Å². The van der Waals surface area contributed by atoms with Gasteiger partial charge in [-0.05, 0) is 56.5 Å². The molecule has 0 bridgehead atoms. The van der Waals surface area contributed by atoms with Gasteiger partial charge < -0.3 is 19.8 Å². The van der Waals surface area contributed by atoms with Crippen LogP contribution in [0, 0.1) is 6.92 Å². The summed E-state index contributed by atoms with van der Waals surface area (Å²) in [6.45, 7) is 4.48.